The van der Waals surface area contributed by atoms with E-state index in [4.69, 9.17) is 10.3 Å². The minimum atomic E-state index is 0.0467. The van der Waals surface area contributed by atoms with Gasteiger partial charge in [0.1, 0.15) is 5.76 Å². The molecule has 0 radical (unpaired) electrons. The van der Waals surface area contributed by atoms with Crippen molar-refractivity contribution in [2.75, 3.05) is 0 Å². The Bertz CT molecular complexity index is 529. The number of aryl methyl sites for hydroxylation is 3. The fourth-order valence-electron chi connectivity index (χ4n) is 2.35. The van der Waals surface area contributed by atoms with Gasteiger partial charge in [-0.1, -0.05) is 6.92 Å². The summed E-state index contributed by atoms with van der Waals surface area (Å²) in [5.74, 6) is 6.59. The van der Waals surface area contributed by atoms with Crippen molar-refractivity contribution in [3.63, 3.8) is 0 Å². The van der Waals surface area contributed by atoms with Crippen LogP contribution in [0.2, 0.25) is 0 Å². The standard InChI is InChI=1S/C14H22N4O/c1-4-11-8-12(18(5-2)17-11)9-14(16-15)13-6-7-19-10(13)3/h6-8,14,16H,4-5,9,15H2,1-3H3. The van der Waals surface area contributed by atoms with E-state index in [-0.39, 0.29) is 6.04 Å². The van der Waals surface area contributed by atoms with Crippen molar-refractivity contribution < 1.29 is 4.42 Å². The highest BCUT2D eigenvalue weighted by Gasteiger charge is 2.17. The molecule has 0 aliphatic heterocycles. The van der Waals surface area contributed by atoms with Crippen LogP contribution in [0, 0.1) is 6.92 Å². The van der Waals surface area contributed by atoms with Gasteiger partial charge in [0, 0.05) is 24.2 Å². The summed E-state index contributed by atoms with van der Waals surface area (Å²) in [6, 6.07) is 4.17. The number of aromatic nitrogens is 2. The van der Waals surface area contributed by atoms with E-state index in [1.54, 1.807) is 6.26 Å². The molecule has 2 heterocycles. The maximum Gasteiger partial charge on any atom is 0.105 e. The molecule has 0 fully saturated rings. The van der Waals surface area contributed by atoms with Gasteiger partial charge in [0.15, 0.2) is 0 Å². The van der Waals surface area contributed by atoms with Gasteiger partial charge in [0.25, 0.3) is 0 Å². The van der Waals surface area contributed by atoms with Crippen molar-refractivity contribution in [3.05, 3.63) is 41.1 Å². The number of hydrogen-bond acceptors (Lipinski definition) is 4. The summed E-state index contributed by atoms with van der Waals surface area (Å²) in [4.78, 5) is 0. The molecular weight excluding hydrogens is 240 g/mol. The Morgan fingerprint density at radius 2 is 2.26 bits per heavy atom. The molecule has 5 heteroatoms. The molecule has 0 saturated heterocycles. The summed E-state index contributed by atoms with van der Waals surface area (Å²) in [5, 5.41) is 4.56. The smallest absolute Gasteiger partial charge is 0.105 e. The summed E-state index contributed by atoms with van der Waals surface area (Å²) in [5.41, 5.74) is 6.29. The topological polar surface area (TPSA) is 69.0 Å². The van der Waals surface area contributed by atoms with E-state index in [0.29, 0.717) is 0 Å². The largest absolute Gasteiger partial charge is 0.469 e. The molecule has 0 aliphatic carbocycles. The van der Waals surface area contributed by atoms with E-state index in [1.807, 2.05) is 17.7 Å². The molecule has 0 spiro atoms. The average molecular weight is 262 g/mol. The second-order valence-corrected chi connectivity index (χ2v) is 4.65. The Morgan fingerprint density at radius 1 is 1.47 bits per heavy atom. The number of nitrogens with zero attached hydrogens (tertiary/aromatic N) is 2. The summed E-state index contributed by atoms with van der Waals surface area (Å²) in [6.07, 6.45) is 3.45. The highest BCUT2D eigenvalue weighted by molar-refractivity contribution is 5.23. The fourth-order valence-corrected chi connectivity index (χ4v) is 2.35. The van der Waals surface area contributed by atoms with Crippen molar-refractivity contribution in [1.29, 1.82) is 0 Å². The first-order valence-corrected chi connectivity index (χ1v) is 6.75. The number of hydrazine groups is 1. The zero-order chi connectivity index (χ0) is 13.8. The van der Waals surface area contributed by atoms with Gasteiger partial charge in [0.05, 0.1) is 18.0 Å². The lowest BCUT2D eigenvalue weighted by molar-refractivity contribution is 0.489. The zero-order valence-corrected chi connectivity index (χ0v) is 11.8. The Hall–Kier alpha value is -1.59. The van der Waals surface area contributed by atoms with E-state index >= 15 is 0 Å². The first kappa shape index (κ1) is 13.8. The lowest BCUT2D eigenvalue weighted by atomic mass is 10.0. The molecule has 1 unspecified atom stereocenters. The highest BCUT2D eigenvalue weighted by Crippen LogP contribution is 2.22. The maximum atomic E-state index is 5.69. The van der Waals surface area contributed by atoms with E-state index in [1.165, 1.54) is 5.69 Å². The second kappa shape index (κ2) is 6.04. The number of rotatable bonds is 6. The minimum Gasteiger partial charge on any atom is -0.469 e. The molecule has 2 rings (SSSR count). The van der Waals surface area contributed by atoms with E-state index in [9.17, 15) is 0 Å². The van der Waals surface area contributed by atoms with Crippen molar-refractivity contribution in [1.82, 2.24) is 15.2 Å². The molecule has 19 heavy (non-hydrogen) atoms. The summed E-state index contributed by atoms with van der Waals surface area (Å²) >= 11 is 0. The van der Waals surface area contributed by atoms with Gasteiger partial charge in [0.2, 0.25) is 0 Å². The molecule has 3 N–H and O–H groups in total. The van der Waals surface area contributed by atoms with Gasteiger partial charge in [-0.25, -0.2) is 0 Å². The number of nitrogens with one attached hydrogen (secondary N) is 1. The summed E-state index contributed by atoms with van der Waals surface area (Å²) < 4.78 is 7.39. The van der Waals surface area contributed by atoms with Gasteiger partial charge in [-0.15, -0.1) is 0 Å². The van der Waals surface area contributed by atoms with Gasteiger partial charge in [-0.2, -0.15) is 5.10 Å². The van der Waals surface area contributed by atoms with Crippen LogP contribution in [0.1, 0.15) is 42.6 Å². The first-order valence-electron chi connectivity index (χ1n) is 6.75. The summed E-state index contributed by atoms with van der Waals surface area (Å²) in [7, 11) is 0. The lowest BCUT2D eigenvalue weighted by Crippen LogP contribution is -2.30. The monoisotopic (exact) mass is 262 g/mol. The molecule has 0 aliphatic rings. The third-order valence-electron chi connectivity index (χ3n) is 3.46. The Morgan fingerprint density at radius 3 is 2.79 bits per heavy atom. The van der Waals surface area contributed by atoms with Crippen molar-refractivity contribution in [2.24, 2.45) is 5.84 Å². The van der Waals surface area contributed by atoms with E-state index < -0.39 is 0 Å². The van der Waals surface area contributed by atoms with Crippen LogP contribution in [-0.4, -0.2) is 9.78 Å². The van der Waals surface area contributed by atoms with Crippen molar-refractivity contribution in [3.8, 4) is 0 Å². The molecule has 1 atom stereocenters. The predicted molar refractivity (Wildman–Crippen MR) is 74.5 cm³/mol. The number of hydrogen-bond donors (Lipinski definition) is 2. The zero-order valence-electron chi connectivity index (χ0n) is 11.8. The van der Waals surface area contributed by atoms with Gasteiger partial charge in [-0.3, -0.25) is 16.0 Å². The third-order valence-corrected chi connectivity index (χ3v) is 3.46. The SMILES string of the molecule is CCc1cc(CC(NN)c2ccoc2C)n(CC)n1. The van der Waals surface area contributed by atoms with E-state index in [0.717, 1.165) is 36.4 Å². The average Bonchev–Trinajstić information content (AvgIpc) is 3.01. The molecule has 0 amide bonds. The van der Waals surface area contributed by atoms with Crippen molar-refractivity contribution >= 4 is 0 Å². The quantitative estimate of drug-likeness (QED) is 0.618. The minimum absolute atomic E-state index is 0.0467. The number of furan rings is 1. The van der Waals surface area contributed by atoms with Crippen LogP contribution in [0.25, 0.3) is 0 Å². The van der Waals surface area contributed by atoms with Gasteiger partial charge >= 0.3 is 0 Å². The lowest BCUT2D eigenvalue weighted by Gasteiger charge is -2.15. The van der Waals surface area contributed by atoms with Crippen LogP contribution in [0.5, 0.6) is 0 Å². The summed E-state index contributed by atoms with van der Waals surface area (Å²) in [6.45, 7) is 7.04. The second-order valence-electron chi connectivity index (χ2n) is 4.65. The Balaban J connectivity index is 2.23. The Labute approximate surface area is 113 Å². The fraction of sp³-hybridized carbons (Fsp3) is 0.500. The highest BCUT2D eigenvalue weighted by atomic mass is 16.3. The van der Waals surface area contributed by atoms with Gasteiger partial charge in [-0.05, 0) is 32.4 Å². The molecule has 0 saturated carbocycles. The maximum absolute atomic E-state index is 5.69. The molecular formula is C14H22N4O. The predicted octanol–water partition coefficient (Wildman–Crippen LogP) is 2.11. The van der Waals surface area contributed by atoms with Crippen LogP contribution in [0.15, 0.2) is 22.8 Å². The molecule has 0 aromatic carbocycles. The van der Waals surface area contributed by atoms with Crippen LogP contribution in [0.4, 0.5) is 0 Å². The Kier molecular flexibility index (Phi) is 4.39. The van der Waals surface area contributed by atoms with Crippen LogP contribution in [-0.2, 0) is 19.4 Å². The van der Waals surface area contributed by atoms with Gasteiger partial charge < -0.3 is 4.42 Å². The molecule has 104 valence electrons. The third kappa shape index (κ3) is 2.88. The van der Waals surface area contributed by atoms with E-state index in [2.05, 4.69) is 30.4 Å². The first-order chi connectivity index (χ1) is 9.19. The van der Waals surface area contributed by atoms with Crippen LogP contribution in [0.3, 0.4) is 0 Å². The number of nitrogens with two attached hydrogens (primary N) is 1. The molecule has 2 aromatic rings. The van der Waals surface area contributed by atoms with Crippen LogP contribution >= 0.6 is 0 Å². The normalized spacial score (nSPS) is 12.8. The van der Waals surface area contributed by atoms with Crippen molar-refractivity contribution in [2.45, 2.75) is 46.2 Å². The van der Waals surface area contributed by atoms with Crippen LogP contribution < -0.4 is 11.3 Å². The molecule has 2 aromatic heterocycles. The molecule has 5 nitrogen and oxygen atoms in total. The molecule has 0 bridgehead atoms.